The van der Waals surface area contributed by atoms with Crippen molar-refractivity contribution in [3.05, 3.63) is 35.9 Å². The number of hydrogen-bond acceptors (Lipinski definition) is 3. The molecule has 0 saturated heterocycles. The molecule has 0 heterocycles. The van der Waals surface area contributed by atoms with Gasteiger partial charge in [0, 0.05) is 18.3 Å². The standard InChI is InChI=1S/C14H18N2O3/c1-10(14(18)19)7-8-16-13(17)6-5-11-3-2-4-12(15)9-11/h2-6,9-10H,7-8,15H2,1H3,(H,16,17)(H,18,19)/b6-5+. The predicted molar refractivity (Wildman–Crippen MR) is 74.3 cm³/mol. The Balaban J connectivity index is 2.37. The zero-order chi connectivity index (χ0) is 14.3. The summed E-state index contributed by atoms with van der Waals surface area (Å²) < 4.78 is 0. The molecular formula is C14H18N2O3. The van der Waals surface area contributed by atoms with Crippen LogP contribution in [0.4, 0.5) is 5.69 Å². The molecule has 0 radical (unpaired) electrons. The maximum atomic E-state index is 11.5. The maximum absolute atomic E-state index is 11.5. The SMILES string of the molecule is CC(CCNC(=O)/C=C/c1cccc(N)c1)C(=O)O. The molecule has 1 aromatic rings. The van der Waals surface area contributed by atoms with Crippen LogP contribution in [0, 0.1) is 5.92 Å². The van der Waals surface area contributed by atoms with Crippen LogP contribution < -0.4 is 11.1 Å². The topological polar surface area (TPSA) is 92.4 Å². The van der Waals surface area contributed by atoms with Gasteiger partial charge in [0.2, 0.25) is 5.91 Å². The highest BCUT2D eigenvalue weighted by Gasteiger charge is 2.09. The molecule has 0 saturated carbocycles. The first-order valence-corrected chi connectivity index (χ1v) is 6.03. The molecule has 5 nitrogen and oxygen atoms in total. The zero-order valence-corrected chi connectivity index (χ0v) is 10.8. The molecule has 1 atom stereocenters. The molecule has 0 bridgehead atoms. The molecule has 0 aliphatic heterocycles. The third-order valence-corrected chi connectivity index (χ3v) is 2.64. The van der Waals surface area contributed by atoms with Gasteiger partial charge in [-0.2, -0.15) is 0 Å². The van der Waals surface area contributed by atoms with E-state index in [1.165, 1.54) is 6.08 Å². The first-order valence-electron chi connectivity index (χ1n) is 6.03. The zero-order valence-electron chi connectivity index (χ0n) is 10.8. The number of carbonyl (C=O) groups excluding carboxylic acids is 1. The second-order valence-corrected chi connectivity index (χ2v) is 4.32. The number of amides is 1. The summed E-state index contributed by atoms with van der Waals surface area (Å²) in [6.45, 7) is 1.95. The fourth-order valence-electron chi connectivity index (χ4n) is 1.43. The lowest BCUT2D eigenvalue weighted by Crippen LogP contribution is -2.25. The molecule has 5 heteroatoms. The highest BCUT2D eigenvalue weighted by molar-refractivity contribution is 5.91. The second-order valence-electron chi connectivity index (χ2n) is 4.32. The largest absolute Gasteiger partial charge is 0.481 e. The number of nitrogens with one attached hydrogen (secondary N) is 1. The van der Waals surface area contributed by atoms with Gasteiger partial charge >= 0.3 is 5.97 Å². The smallest absolute Gasteiger partial charge is 0.306 e. The number of benzene rings is 1. The molecule has 0 aliphatic rings. The summed E-state index contributed by atoms with van der Waals surface area (Å²) in [7, 11) is 0. The van der Waals surface area contributed by atoms with E-state index in [1.807, 2.05) is 6.07 Å². The van der Waals surface area contributed by atoms with E-state index >= 15 is 0 Å². The first kappa shape index (κ1) is 14.8. The highest BCUT2D eigenvalue weighted by Crippen LogP contribution is 2.07. The van der Waals surface area contributed by atoms with E-state index in [4.69, 9.17) is 10.8 Å². The van der Waals surface area contributed by atoms with Crippen molar-refractivity contribution in [1.29, 1.82) is 0 Å². The third-order valence-electron chi connectivity index (χ3n) is 2.64. The number of anilines is 1. The summed E-state index contributed by atoms with van der Waals surface area (Å²) >= 11 is 0. The fourth-order valence-corrected chi connectivity index (χ4v) is 1.43. The molecule has 4 N–H and O–H groups in total. The Morgan fingerprint density at radius 3 is 2.84 bits per heavy atom. The normalized spacial score (nSPS) is 12.3. The Morgan fingerprint density at radius 1 is 1.47 bits per heavy atom. The Labute approximate surface area is 112 Å². The molecule has 1 unspecified atom stereocenters. The van der Waals surface area contributed by atoms with Crippen molar-refractivity contribution < 1.29 is 14.7 Å². The van der Waals surface area contributed by atoms with E-state index in [1.54, 1.807) is 31.2 Å². The van der Waals surface area contributed by atoms with E-state index < -0.39 is 11.9 Å². The van der Waals surface area contributed by atoms with Crippen LogP contribution in [0.15, 0.2) is 30.3 Å². The van der Waals surface area contributed by atoms with Gasteiger partial charge in [0.25, 0.3) is 0 Å². The summed E-state index contributed by atoms with van der Waals surface area (Å²) in [5.74, 6) is -1.57. The van der Waals surface area contributed by atoms with Crippen molar-refractivity contribution in [2.75, 3.05) is 12.3 Å². The Morgan fingerprint density at radius 2 is 2.21 bits per heavy atom. The molecule has 1 rings (SSSR count). The first-order chi connectivity index (χ1) is 8.99. The minimum Gasteiger partial charge on any atom is -0.481 e. The number of nitrogens with two attached hydrogens (primary N) is 1. The van der Waals surface area contributed by atoms with Crippen molar-refractivity contribution in [3.63, 3.8) is 0 Å². The van der Waals surface area contributed by atoms with Gasteiger partial charge in [0.1, 0.15) is 0 Å². The van der Waals surface area contributed by atoms with Crippen molar-refractivity contribution >= 4 is 23.6 Å². The van der Waals surface area contributed by atoms with Gasteiger partial charge in [-0.05, 0) is 30.2 Å². The molecule has 0 aromatic heterocycles. The predicted octanol–water partition coefficient (Wildman–Crippen LogP) is 1.51. The third kappa shape index (κ3) is 5.72. The summed E-state index contributed by atoms with van der Waals surface area (Å²) in [5, 5.41) is 11.3. The average molecular weight is 262 g/mol. The van der Waals surface area contributed by atoms with Gasteiger partial charge < -0.3 is 16.2 Å². The van der Waals surface area contributed by atoms with Gasteiger partial charge in [-0.25, -0.2) is 0 Å². The highest BCUT2D eigenvalue weighted by atomic mass is 16.4. The number of carboxylic acid groups (broad SMARTS) is 1. The van der Waals surface area contributed by atoms with Gasteiger partial charge in [-0.15, -0.1) is 0 Å². The van der Waals surface area contributed by atoms with E-state index in [2.05, 4.69) is 5.32 Å². The maximum Gasteiger partial charge on any atom is 0.306 e. The lowest BCUT2D eigenvalue weighted by Gasteiger charge is -2.05. The van der Waals surface area contributed by atoms with Crippen molar-refractivity contribution in [2.45, 2.75) is 13.3 Å². The minimum atomic E-state index is -0.857. The second kappa shape index (κ2) is 7.20. The van der Waals surface area contributed by atoms with Crippen LogP contribution in [0.25, 0.3) is 6.08 Å². The van der Waals surface area contributed by atoms with E-state index in [9.17, 15) is 9.59 Å². The minimum absolute atomic E-state index is 0.250. The van der Waals surface area contributed by atoms with Gasteiger partial charge in [-0.3, -0.25) is 9.59 Å². The molecule has 0 spiro atoms. The van der Waals surface area contributed by atoms with E-state index in [0.717, 1.165) is 5.56 Å². The van der Waals surface area contributed by atoms with E-state index in [0.29, 0.717) is 18.7 Å². The Hall–Kier alpha value is -2.30. The number of carbonyl (C=O) groups is 2. The number of hydrogen-bond donors (Lipinski definition) is 3. The van der Waals surface area contributed by atoms with Crippen molar-refractivity contribution in [1.82, 2.24) is 5.32 Å². The number of rotatable bonds is 6. The van der Waals surface area contributed by atoms with Gasteiger partial charge in [0.15, 0.2) is 0 Å². The quantitative estimate of drug-likeness (QED) is 0.535. The summed E-state index contributed by atoms with van der Waals surface area (Å²) in [6, 6.07) is 7.18. The molecule has 1 aromatic carbocycles. The summed E-state index contributed by atoms with van der Waals surface area (Å²) in [4.78, 5) is 22.1. The van der Waals surface area contributed by atoms with Crippen LogP contribution in [0.1, 0.15) is 18.9 Å². The van der Waals surface area contributed by atoms with E-state index in [-0.39, 0.29) is 5.91 Å². The molecule has 0 aliphatic carbocycles. The van der Waals surface area contributed by atoms with Crippen molar-refractivity contribution in [2.24, 2.45) is 5.92 Å². The Bertz CT molecular complexity index is 483. The molecule has 1 amide bonds. The molecule has 102 valence electrons. The summed E-state index contributed by atoms with van der Waals surface area (Å²) in [5.41, 5.74) is 7.10. The number of carboxylic acids is 1. The van der Waals surface area contributed by atoms with Crippen LogP contribution >= 0.6 is 0 Å². The van der Waals surface area contributed by atoms with Crippen LogP contribution in [-0.2, 0) is 9.59 Å². The lowest BCUT2D eigenvalue weighted by molar-refractivity contribution is -0.141. The van der Waals surface area contributed by atoms with Crippen LogP contribution in [0.2, 0.25) is 0 Å². The van der Waals surface area contributed by atoms with Crippen LogP contribution in [0.5, 0.6) is 0 Å². The monoisotopic (exact) mass is 262 g/mol. The van der Waals surface area contributed by atoms with Crippen LogP contribution in [-0.4, -0.2) is 23.5 Å². The fraction of sp³-hybridized carbons (Fsp3) is 0.286. The molecular weight excluding hydrogens is 244 g/mol. The van der Waals surface area contributed by atoms with Crippen molar-refractivity contribution in [3.8, 4) is 0 Å². The Kier molecular flexibility index (Phi) is 5.60. The number of nitrogen functional groups attached to an aromatic ring is 1. The number of aliphatic carboxylic acids is 1. The van der Waals surface area contributed by atoms with Gasteiger partial charge in [-0.1, -0.05) is 19.1 Å². The molecule has 19 heavy (non-hydrogen) atoms. The van der Waals surface area contributed by atoms with Crippen LogP contribution in [0.3, 0.4) is 0 Å². The van der Waals surface area contributed by atoms with Gasteiger partial charge in [0.05, 0.1) is 5.92 Å². The molecule has 0 fully saturated rings. The lowest BCUT2D eigenvalue weighted by atomic mass is 10.1. The summed E-state index contributed by atoms with van der Waals surface area (Å²) in [6.07, 6.45) is 3.47. The average Bonchev–Trinajstić information content (AvgIpc) is 2.36.